The third-order valence-electron chi connectivity index (χ3n) is 4.12. The summed E-state index contributed by atoms with van der Waals surface area (Å²) in [7, 11) is -1.90. The molecule has 0 spiro atoms. The summed E-state index contributed by atoms with van der Waals surface area (Å²) in [6.45, 7) is 1.38. The van der Waals surface area contributed by atoms with E-state index in [9.17, 15) is 13.2 Å². The quantitative estimate of drug-likeness (QED) is 0.798. The van der Waals surface area contributed by atoms with Crippen LogP contribution in [0.25, 0.3) is 0 Å². The summed E-state index contributed by atoms with van der Waals surface area (Å²) >= 11 is 0. The molecule has 2 saturated heterocycles. The van der Waals surface area contributed by atoms with Crippen molar-refractivity contribution < 1.29 is 23.1 Å². The molecule has 2 aliphatic rings. The van der Waals surface area contributed by atoms with Crippen molar-refractivity contribution in [2.45, 2.75) is 31.8 Å². The minimum absolute atomic E-state index is 0.0852. The van der Waals surface area contributed by atoms with Crippen LogP contribution in [0.2, 0.25) is 0 Å². The van der Waals surface area contributed by atoms with Gasteiger partial charge < -0.3 is 9.84 Å². The van der Waals surface area contributed by atoms with Crippen molar-refractivity contribution in [3.8, 4) is 0 Å². The standard InChI is InChI=1S/C12H22N2O5S/c1-19-11-4-7-13(8-5-11)20(17,18)14-6-2-3-10(9-14)12(15)16/h10-11H,2-9H2,1H3,(H,15,16). The fourth-order valence-corrected chi connectivity index (χ4v) is 4.54. The molecule has 7 nitrogen and oxygen atoms in total. The van der Waals surface area contributed by atoms with Gasteiger partial charge in [0.15, 0.2) is 0 Å². The Labute approximate surface area is 119 Å². The van der Waals surface area contributed by atoms with Crippen molar-refractivity contribution in [3.63, 3.8) is 0 Å². The molecule has 0 aromatic rings. The molecule has 0 saturated carbocycles. The summed E-state index contributed by atoms with van der Waals surface area (Å²) in [5, 5.41) is 9.05. The molecule has 1 atom stereocenters. The summed E-state index contributed by atoms with van der Waals surface area (Å²) in [4.78, 5) is 11.0. The average Bonchev–Trinajstić information content (AvgIpc) is 2.47. The minimum Gasteiger partial charge on any atom is -0.481 e. The van der Waals surface area contributed by atoms with Crippen LogP contribution in [0.4, 0.5) is 0 Å². The van der Waals surface area contributed by atoms with Gasteiger partial charge in [0.05, 0.1) is 12.0 Å². The number of hydrogen-bond acceptors (Lipinski definition) is 4. The van der Waals surface area contributed by atoms with E-state index in [2.05, 4.69) is 0 Å². The van der Waals surface area contributed by atoms with E-state index in [0.29, 0.717) is 45.3 Å². The topological polar surface area (TPSA) is 87.2 Å². The number of hydrogen-bond donors (Lipinski definition) is 1. The molecule has 0 bridgehead atoms. The Morgan fingerprint density at radius 1 is 1.15 bits per heavy atom. The molecule has 116 valence electrons. The smallest absolute Gasteiger partial charge is 0.307 e. The fraction of sp³-hybridized carbons (Fsp3) is 0.917. The molecule has 0 aromatic carbocycles. The second kappa shape index (κ2) is 6.38. The number of piperidine rings is 2. The van der Waals surface area contributed by atoms with Gasteiger partial charge in [0.2, 0.25) is 0 Å². The van der Waals surface area contributed by atoms with E-state index in [1.165, 1.54) is 8.61 Å². The zero-order chi connectivity index (χ0) is 14.8. The predicted octanol–water partition coefficient (Wildman–Crippen LogP) is 0.139. The number of carboxylic acid groups (broad SMARTS) is 1. The molecule has 0 aromatic heterocycles. The summed E-state index contributed by atoms with van der Waals surface area (Å²) in [5.41, 5.74) is 0. The maximum Gasteiger partial charge on any atom is 0.307 e. The summed E-state index contributed by atoms with van der Waals surface area (Å²) in [5.74, 6) is -1.50. The minimum atomic E-state index is -3.54. The first-order chi connectivity index (χ1) is 9.45. The summed E-state index contributed by atoms with van der Waals surface area (Å²) < 4.78 is 33.1. The Kier molecular flexibility index (Phi) is 5.00. The molecule has 1 unspecified atom stereocenters. The lowest BCUT2D eigenvalue weighted by molar-refractivity contribution is -0.142. The summed E-state index contributed by atoms with van der Waals surface area (Å²) in [6, 6.07) is 0. The number of carbonyl (C=O) groups is 1. The van der Waals surface area contributed by atoms with E-state index in [0.717, 1.165) is 0 Å². The monoisotopic (exact) mass is 306 g/mol. The Morgan fingerprint density at radius 3 is 2.35 bits per heavy atom. The van der Waals surface area contributed by atoms with E-state index >= 15 is 0 Å². The fourth-order valence-electron chi connectivity index (χ4n) is 2.82. The number of rotatable bonds is 4. The van der Waals surface area contributed by atoms with E-state index in [4.69, 9.17) is 9.84 Å². The maximum absolute atomic E-state index is 12.5. The molecular weight excluding hydrogens is 284 g/mol. The molecule has 1 N–H and O–H groups in total. The second-order valence-corrected chi connectivity index (χ2v) is 7.31. The van der Waals surface area contributed by atoms with Crippen molar-refractivity contribution in [3.05, 3.63) is 0 Å². The van der Waals surface area contributed by atoms with E-state index in [-0.39, 0.29) is 12.6 Å². The Morgan fingerprint density at radius 2 is 1.80 bits per heavy atom. The van der Waals surface area contributed by atoms with Gasteiger partial charge in [-0.15, -0.1) is 0 Å². The largest absolute Gasteiger partial charge is 0.481 e. The predicted molar refractivity (Wildman–Crippen MR) is 72.5 cm³/mol. The lowest BCUT2D eigenvalue weighted by Crippen LogP contribution is -2.51. The van der Waals surface area contributed by atoms with Crippen LogP contribution in [0.15, 0.2) is 0 Å². The van der Waals surface area contributed by atoms with Crippen LogP contribution in [0.5, 0.6) is 0 Å². The van der Waals surface area contributed by atoms with E-state index in [1.54, 1.807) is 7.11 Å². The van der Waals surface area contributed by atoms with Gasteiger partial charge >= 0.3 is 5.97 Å². The lowest BCUT2D eigenvalue weighted by atomic mass is 10.0. The molecule has 20 heavy (non-hydrogen) atoms. The van der Waals surface area contributed by atoms with Gasteiger partial charge in [-0.3, -0.25) is 4.79 Å². The van der Waals surface area contributed by atoms with E-state index in [1.807, 2.05) is 0 Å². The van der Waals surface area contributed by atoms with Crippen LogP contribution in [-0.2, 0) is 19.7 Å². The van der Waals surface area contributed by atoms with Crippen molar-refractivity contribution in [2.75, 3.05) is 33.3 Å². The molecule has 2 aliphatic heterocycles. The summed E-state index contributed by atoms with van der Waals surface area (Å²) in [6.07, 6.45) is 2.64. The average molecular weight is 306 g/mol. The number of aliphatic carboxylic acids is 1. The highest BCUT2D eigenvalue weighted by molar-refractivity contribution is 7.86. The molecule has 2 rings (SSSR count). The molecule has 8 heteroatoms. The zero-order valence-corrected chi connectivity index (χ0v) is 12.5. The normalized spacial score (nSPS) is 27.6. The molecule has 2 fully saturated rings. The molecule has 0 amide bonds. The van der Waals surface area contributed by atoms with Gasteiger partial charge in [-0.2, -0.15) is 17.0 Å². The third kappa shape index (κ3) is 3.30. The number of carboxylic acids is 1. The van der Waals surface area contributed by atoms with Crippen molar-refractivity contribution in [2.24, 2.45) is 5.92 Å². The molecular formula is C12H22N2O5S. The van der Waals surface area contributed by atoms with Crippen LogP contribution in [0.1, 0.15) is 25.7 Å². The first-order valence-corrected chi connectivity index (χ1v) is 8.35. The Balaban J connectivity index is 2.01. The molecule has 2 heterocycles. The van der Waals surface area contributed by atoms with Gasteiger partial charge in [0.1, 0.15) is 0 Å². The number of nitrogens with zero attached hydrogens (tertiary/aromatic N) is 2. The van der Waals surface area contributed by atoms with Crippen LogP contribution >= 0.6 is 0 Å². The highest BCUT2D eigenvalue weighted by atomic mass is 32.2. The van der Waals surface area contributed by atoms with Gasteiger partial charge in [-0.05, 0) is 25.7 Å². The zero-order valence-electron chi connectivity index (χ0n) is 11.7. The first-order valence-electron chi connectivity index (χ1n) is 6.96. The lowest BCUT2D eigenvalue weighted by Gasteiger charge is -2.37. The highest BCUT2D eigenvalue weighted by Gasteiger charge is 2.37. The van der Waals surface area contributed by atoms with Crippen molar-refractivity contribution >= 4 is 16.2 Å². The van der Waals surface area contributed by atoms with Gasteiger partial charge in [-0.1, -0.05) is 0 Å². The van der Waals surface area contributed by atoms with Crippen molar-refractivity contribution in [1.29, 1.82) is 0 Å². The van der Waals surface area contributed by atoms with Crippen LogP contribution < -0.4 is 0 Å². The highest BCUT2D eigenvalue weighted by Crippen LogP contribution is 2.24. The Hall–Kier alpha value is -0.700. The van der Waals surface area contributed by atoms with Crippen LogP contribution in [-0.4, -0.2) is 67.5 Å². The number of methoxy groups -OCH3 is 1. The molecule has 0 radical (unpaired) electrons. The van der Waals surface area contributed by atoms with Crippen molar-refractivity contribution in [1.82, 2.24) is 8.61 Å². The number of ether oxygens (including phenoxy) is 1. The van der Waals surface area contributed by atoms with Gasteiger partial charge in [-0.25, -0.2) is 0 Å². The first kappa shape index (κ1) is 15.7. The second-order valence-electron chi connectivity index (χ2n) is 5.38. The SMILES string of the molecule is COC1CCN(S(=O)(=O)N2CCCC(C(=O)O)C2)CC1. The van der Waals surface area contributed by atoms with Crippen LogP contribution in [0, 0.1) is 5.92 Å². The Bertz CT molecular complexity index is 445. The molecule has 0 aliphatic carbocycles. The third-order valence-corrected chi connectivity index (χ3v) is 6.12. The van der Waals surface area contributed by atoms with Crippen LogP contribution in [0.3, 0.4) is 0 Å². The van der Waals surface area contributed by atoms with Gasteiger partial charge in [0.25, 0.3) is 10.2 Å². The van der Waals surface area contributed by atoms with Gasteiger partial charge in [0, 0.05) is 33.3 Å². The maximum atomic E-state index is 12.5. The van der Waals surface area contributed by atoms with E-state index < -0.39 is 22.1 Å².